The predicted molar refractivity (Wildman–Crippen MR) is 125 cm³/mol. The minimum Gasteiger partial charge on any atom is -0.507 e. The van der Waals surface area contributed by atoms with E-state index in [1.165, 1.54) is 11.2 Å². The lowest BCUT2D eigenvalue weighted by atomic mass is 9.94. The Bertz CT molecular complexity index is 1460. The number of aliphatic hydroxyl groups excluding tert-OH is 1. The molecule has 4 heterocycles. The van der Waals surface area contributed by atoms with Crippen molar-refractivity contribution in [2.75, 3.05) is 0 Å². The van der Waals surface area contributed by atoms with Crippen LogP contribution < -0.4 is 4.74 Å². The minimum absolute atomic E-state index is 0.0532. The van der Waals surface area contributed by atoms with E-state index in [-0.39, 0.29) is 24.0 Å². The number of fused-ring (bicyclic) bond motifs is 2. The molecule has 1 saturated heterocycles. The summed E-state index contributed by atoms with van der Waals surface area (Å²) in [5.74, 6) is -0.264. The van der Waals surface area contributed by atoms with Crippen molar-refractivity contribution in [2.24, 2.45) is 0 Å². The maximum absolute atomic E-state index is 13.3. The summed E-state index contributed by atoms with van der Waals surface area (Å²) < 4.78 is 11.2. The summed E-state index contributed by atoms with van der Waals surface area (Å²) in [5, 5.41) is 12.3. The number of rotatable bonds is 4. The fourth-order valence-electron chi connectivity index (χ4n) is 4.98. The van der Waals surface area contributed by atoms with Gasteiger partial charge in [0, 0.05) is 34.6 Å². The molecule has 7 nitrogen and oxygen atoms in total. The van der Waals surface area contributed by atoms with Gasteiger partial charge >= 0.3 is 0 Å². The minimum atomic E-state index is -0.773. The third kappa shape index (κ3) is 3.12. The molecule has 2 unspecified atom stereocenters. The lowest BCUT2D eigenvalue weighted by Gasteiger charge is -2.24. The van der Waals surface area contributed by atoms with Crippen LogP contribution in [0.1, 0.15) is 35.4 Å². The number of H-pyrrole nitrogens is 1. The molecule has 170 valence electrons. The van der Waals surface area contributed by atoms with Crippen LogP contribution in [0.4, 0.5) is 0 Å². The van der Waals surface area contributed by atoms with Crippen molar-refractivity contribution in [1.29, 1.82) is 0 Å². The first-order valence-corrected chi connectivity index (χ1v) is 11.2. The zero-order valence-electron chi connectivity index (χ0n) is 18.4. The molecule has 2 aliphatic heterocycles. The van der Waals surface area contributed by atoms with Gasteiger partial charge in [-0.25, -0.2) is 0 Å². The number of nitrogens with zero attached hydrogens (tertiary/aromatic N) is 1. The summed E-state index contributed by atoms with van der Waals surface area (Å²) in [6.07, 6.45) is 4.09. The lowest BCUT2D eigenvalue weighted by molar-refractivity contribution is -0.140. The van der Waals surface area contributed by atoms with Gasteiger partial charge in [0.15, 0.2) is 0 Å². The summed E-state index contributed by atoms with van der Waals surface area (Å²) in [4.78, 5) is 31.2. The molecule has 7 heteroatoms. The van der Waals surface area contributed by atoms with E-state index in [1.807, 2.05) is 37.3 Å². The Kier molecular flexibility index (Phi) is 4.58. The number of furan rings is 1. The van der Waals surface area contributed by atoms with Crippen molar-refractivity contribution >= 4 is 28.4 Å². The van der Waals surface area contributed by atoms with Crippen LogP contribution in [0.2, 0.25) is 0 Å². The van der Waals surface area contributed by atoms with Gasteiger partial charge in [-0.3, -0.25) is 9.59 Å². The molecule has 2 atom stereocenters. The number of hydrogen-bond donors (Lipinski definition) is 2. The molecule has 2 aromatic carbocycles. The number of Topliss-reactive ketones (excluding diaryl/α,β-unsaturated/α-hetero) is 1. The maximum Gasteiger partial charge on any atom is 0.296 e. The maximum atomic E-state index is 13.3. The molecule has 2 aromatic heterocycles. The topological polar surface area (TPSA) is 95.8 Å². The Morgan fingerprint density at radius 2 is 2.00 bits per heavy atom. The Morgan fingerprint density at radius 1 is 1.15 bits per heavy atom. The Labute approximate surface area is 195 Å². The van der Waals surface area contributed by atoms with E-state index in [4.69, 9.17) is 9.15 Å². The molecular formula is C27H22N2O5. The summed E-state index contributed by atoms with van der Waals surface area (Å²) in [7, 11) is 0. The quantitative estimate of drug-likeness (QED) is 0.265. The zero-order valence-corrected chi connectivity index (χ0v) is 18.4. The number of ether oxygens (including phenoxy) is 1. The second kappa shape index (κ2) is 7.66. The number of aliphatic hydroxyl groups is 1. The Balaban J connectivity index is 1.53. The van der Waals surface area contributed by atoms with E-state index >= 15 is 0 Å². The molecule has 0 radical (unpaired) electrons. The standard InChI is InChI=1S/C27H22N2O5/c1-15-11-17-12-16(8-9-22(17)34-15)25(30)23-24(20-13-28-21-7-3-2-6-19(20)21)29(27(32)26(23)31)14-18-5-4-10-33-18/h2-10,12-13,15,24,28,30H,11,14H2,1H3/b25-23+. The van der Waals surface area contributed by atoms with Gasteiger partial charge in [0.25, 0.3) is 11.7 Å². The third-order valence-electron chi connectivity index (χ3n) is 6.53. The summed E-state index contributed by atoms with van der Waals surface area (Å²) in [6, 6.07) is 15.8. The normalized spacial score (nSPS) is 21.3. The molecular weight excluding hydrogens is 432 g/mol. The molecule has 6 rings (SSSR count). The molecule has 34 heavy (non-hydrogen) atoms. The highest BCUT2D eigenvalue weighted by molar-refractivity contribution is 6.46. The van der Waals surface area contributed by atoms with Gasteiger partial charge in [0.2, 0.25) is 0 Å². The molecule has 1 amide bonds. The predicted octanol–water partition coefficient (Wildman–Crippen LogP) is 4.71. The number of carbonyl (C=O) groups excluding carboxylic acids is 2. The largest absolute Gasteiger partial charge is 0.507 e. The van der Waals surface area contributed by atoms with Crippen LogP contribution >= 0.6 is 0 Å². The van der Waals surface area contributed by atoms with Gasteiger partial charge in [0.1, 0.15) is 23.4 Å². The summed E-state index contributed by atoms with van der Waals surface area (Å²) in [6.45, 7) is 2.09. The average molecular weight is 454 g/mol. The second-order valence-corrected chi connectivity index (χ2v) is 8.75. The SMILES string of the molecule is CC1Cc2cc(/C(O)=C3\C(=O)C(=O)N(Cc4ccco4)C3c3c[nH]c4ccccc34)ccc2O1. The molecule has 2 N–H and O–H groups in total. The third-order valence-corrected chi connectivity index (χ3v) is 6.53. The van der Waals surface area contributed by atoms with E-state index in [1.54, 1.807) is 30.5 Å². The number of carbonyl (C=O) groups is 2. The van der Waals surface area contributed by atoms with Crippen molar-refractivity contribution in [3.8, 4) is 5.75 Å². The van der Waals surface area contributed by atoms with Crippen LogP contribution in [0.3, 0.4) is 0 Å². The molecule has 4 aromatic rings. The number of benzene rings is 2. The fourth-order valence-corrected chi connectivity index (χ4v) is 4.98. The van der Waals surface area contributed by atoms with Crippen molar-refractivity contribution in [3.05, 3.63) is 95.1 Å². The van der Waals surface area contributed by atoms with Crippen molar-refractivity contribution in [3.63, 3.8) is 0 Å². The molecule has 2 aliphatic rings. The van der Waals surface area contributed by atoms with Crippen LogP contribution in [0.25, 0.3) is 16.7 Å². The van der Waals surface area contributed by atoms with Gasteiger partial charge in [-0.05, 0) is 48.9 Å². The first kappa shape index (κ1) is 20.4. The summed E-state index contributed by atoms with van der Waals surface area (Å²) in [5.41, 5.74) is 3.13. The van der Waals surface area contributed by atoms with E-state index in [2.05, 4.69) is 4.98 Å². The van der Waals surface area contributed by atoms with Crippen LogP contribution in [-0.2, 0) is 22.6 Å². The highest BCUT2D eigenvalue weighted by atomic mass is 16.5. The van der Waals surface area contributed by atoms with Crippen LogP contribution in [-0.4, -0.2) is 32.8 Å². The number of aromatic amines is 1. The van der Waals surface area contributed by atoms with Crippen molar-refractivity contribution in [1.82, 2.24) is 9.88 Å². The number of amides is 1. The number of ketones is 1. The average Bonchev–Trinajstić information content (AvgIpc) is 3.61. The fraction of sp³-hybridized carbons (Fsp3) is 0.185. The van der Waals surface area contributed by atoms with E-state index in [0.717, 1.165) is 34.2 Å². The van der Waals surface area contributed by atoms with Crippen LogP contribution in [0.5, 0.6) is 5.75 Å². The van der Waals surface area contributed by atoms with E-state index in [0.29, 0.717) is 11.3 Å². The second-order valence-electron chi connectivity index (χ2n) is 8.75. The molecule has 0 bridgehead atoms. The van der Waals surface area contributed by atoms with Crippen LogP contribution in [0, 0.1) is 0 Å². The zero-order chi connectivity index (χ0) is 23.4. The number of likely N-dealkylation sites (tertiary alicyclic amines) is 1. The molecule has 0 spiro atoms. The molecule has 1 fully saturated rings. The number of para-hydroxylation sites is 1. The summed E-state index contributed by atoms with van der Waals surface area (Å²) >= 11 is 0. The van der Waals surface area contributed by atoms with Crippen LogP contribution in [0.15, 0.2) is 77.0 Å². The Hall–Kier alpha value is -4.26. The van der Waals surface area contributed by atoms with Gasteiger partial charge in [-0.15, -0.1) is 0 Å². The van der Waals surface area contributed by atoms with E-state index < -0.39 is 17.7 Å². The number of aromatic nitrogens is 1. The monoisotopic (exact) mass is 454 g/mol. The smallest absolute Gasteiger partial charge is 0.296 e. The van der Waals surface area contributed by atoms with Crippen molar-refractivity contribution < 1.29 is 23.8 Å². The number of hydrogen-bond acceptors (Lipinski definition) is 5. The highest BCUT2D eigenvalue weighted by Crippen LogP contribution is 2.43. The first-order chi connectivity index (χ1) is 16.5. The highest BCUT2D eigenvalue weighted by Gasteiger charge is 2.47. The van der Waals surface area contributed by atoms with Crippen molar-refractivity contribution in [2.45, 2.75) is 32.0 Å². The van der Waals surface area contributed by atoms with Gasteiger partial charge in [-0.1, -0.05) is 18.2 Å². The Morgan fingerprint density at radius 3 is 2.82 bits per heavy atom. The van der Waals surface area contributed by atoms with E-state index in [9.17, 15) is 14.7 Å². The number of nitrogens with one attached hydrogen (secondary N) is 1. The molecule has 0 saturated carbocycles. The first-order valence-electron chi connectivity index (χ1n) is 11.2. The van der Waals surface area contributed by atoms with Gasteiger partial charge < -0.3 is 24.1 Å². The lowest BCUT2D eigenvalue weighted by Crippen LogP contribution is -2.29. The van der Waals surface area contributed by atoms with Gasteiger partial charge in [0.05, 0.1) is 24.4 Å². The van der Waals surface area contributed by atoms with Gasteiger partial charge in [-0.2, -0.15) is 0 Å². The molecule has 0 aliphatic carbocycles.